The Hall–Kier alpha value is -2.59. The van der Waals surface area contributed by atoms with Gasteiger partial charge in [0.05, 0.1) is 11.0 Å². The molecule has 2 aromatic rings. The quantitative estimate of drug-likeness (QED) is 0.764. The number of hydrogen-bond donors (Lipinski definition) is 1. The molecule has 3 rings (SSSR count). The SMILES string of the molecule is O=C(Cn1nc(S(=O)(=O)c2cccc(F)c2)ccc1=O)NC[C@H]1CCCO1. The number of nitrogens with zero attached hydrogens (tertiary/aromatic N) is 2. The van der Waals surface area contributed by atoms with Crippen molar-refractivity contribution < 1.29 is 22.3 Å². The number of carbonyl (C=O) groups is 1. The number of nitrogens with one attached hydrogen (secondary N) is 1. The lowest BCUT2D eigenvalue weighted by atomic mass is 10.2. The summed E-state index contributed by atoms with van der Waals surface area (Å²) in [5.74, 6) is -1.20. The standard InChI is InChI=1S/C17H18FN3O5S/c18-12-3-1-5-14(9-12)27(24,25)16-6-7-17(23)21(20-16)11-15(22)19-10-13-4-2-8-26-13/h1,3,5-7,9,13H,2,4,8,10-11H2,(H,19,22)/t13-/m1/s1. The minimum Gasteiger partial charge on any atom is -0.376 e. The maximum absolute atomic E-state index is 13.3. The zero-order valence-electron chi connectivity index (χ0n) is 14.3. The van der Waals surface area contributed by atoms with Crippen molar-refractivity contribution in [3.63, 3.8) is 0 Å². The average molecular weight is 395 g/mol. The molecule has 0 aliphatic carbocycles. The molecular weight excluding hydrogens is 377 g/mol. The third-order valence-electron chi connectivity index (χ3n) is 4.07. The van der Waals surface area contributed by atoms with Gasteiger partial charge in [-0.15, -0.1) is 0 Å². The van der Waals surface area contributed by atoms with Gasteiger partial charge in [0.25, 0.3) is 5.56 Å². The van der Waals surface area contributed by atoms with E-state index in [0.717, 1.165) is 41.8 Å². The number of halogens is 1. The second-order valence-electron chi connectivity index (χ2n) is 6.07. The van der Waals surface area contributed by atoms with Crippen LogP contribution in [0.4, 0.5) is 4.39 Å². The van der Waals surface area contributed by atoms with E-state index in [9.17, 15) is 22.4 Å². The molecule has 0 saturated carbocycles. The second-order valence-corrected chi connectivity index (χ2v) is 7.96. The van der Waals surface area contributed by atoms with Crippen LogP contribution in [0.3, 0.4) is 0 Å². The summed E-state index contributed by atoms with van der Waals surface area (Å²) in [4.78, 5) is 23.7. The highest BCUT2D eigenvalue weighted by Crippen LogP contribution is 2.18. The third-order valence-corrected chi connectivity index (χ3v) is 5.71. The van der Waals surface area contributed by atoms with Crippen molar-refractivity contribution in [2.45, 2.75) is 35.4 Å². The average Bonchev–Trinajstić information content (AvgIpc) is 3.15. The van der Waals surface area contributed by atoms with Crippen LogP contribution in [0.25, 0.3) is 0 Å². The fourth-order valence-electron chi connectivity index (χ4n) is 2.67. The minimum absolute atomic E-state index is 0.0571. The van der Waals surface area contributed by atoms with Crippen LogP contribution in [-0.4, -0.2) is 43.4 Å². The summed E-state index contributed by atoms with van der Waals surface area (Å²) in [5, 5.41) is 5.96. The molecule has 0 unspecified atom stereocenters. The first-order valence-corrected chi connectivity index (χ1v) is 9.82. The second kappa shape index (κ2) is 7.97. The van der Waals surface area contributed by atoms with Gasteiger partial charge >= 0.3 is 0 Å². The third kappa shape index (κ3) is 4.58. The molecule has 1 aromatic heterocycles. The fraction of sp³-hybridized carbons (Fsp3) is 0.353. The Morgan fingerprint density at radius 3 is 2.85 bits per heavy atom. The molecular formula is C17H18FN3O5S. The van der Waals surface area contributed by atoms with Crippen LogP contribution >= 0.6 is 0 Å². The van der Waals surface area contributed by atoms with E-state index >= 15 is 0 Å². The van der Waals surface area contributed by atoms with Gasteiger partial charge in [0.2, 0.25) is 15.7 Å². The lowest BCUT2D eigenvalue weighted by Gasteiger charge is -2.11. The highest BCUT2D eigenvalue weighted by Gasteiger charge is 2.22. The number of ether oxygens (including phenoxy) is 1. The minimum atomic E-state index is -4.12. The van der Waals surface area contributed by atoms with E-state index in [-0.39, 0.29) is 11.0 Å². The van der Waals surface area contributed by atoms with E-state index in [4.69, 9.17) is 4.74 Å². The van der Waals surface area contributed by atoms with E-state index in [1.54, 1.807) is 0 Å². The molecule has 1 aliphatic rings. The Bertz CT molecular complexity index is 1000. The Labute approximate surface area is 154 Å². The summed E-state index contributed by atoms with van der Waals surface area (Å²) in [6.45, 7) is 0.536. The lowest BCUT2D eigenvalue weighted by molar-refractivity contribution is -0.122. The first-order valence-electron chi connectivity index (χ1n) is 8.33. The molecule has 144 valence electrons. The summed E-state index contributed by atoms with van der Waals surface area (Å²) in [5.41, 5.74) is -0.625. The summed E-state index contributed by atoms with van der Waals surface area (Å²) in [7, 11) is -4.12. The van der Waals surface area contributed by atoms with Gasteiger partial charge in [0.1, 0.15) is 12.4 Å². The van der Waals surface area contributed by atoms with Gasteiger partial charge in [-0.1, -0.05) is 6.07 Å². The summed E-state index contributed by atoms with van der Waals surface area (Å²) in [6, 6.07) is 6.50. The smallest absolute Gasteiger partial charge is 0.267 e. The van der Waals surface area contributed by atoms with Crippen molar-refractivity contribution in [1.82, 2.24) is 15.1 Å². The lowest BCUT2D eigenvalue weighted by Crippen LogP contribution is -2.37. The van der Waals surface area contributed by atoms with Crippen molar-refractivity contribution in [2.75, 3.05) is 13.2 Å². The molecule has 1 aromatic carbocycles. The molecule has 8 nitrogen and oxygen atoms in total. The summed E-state index contributed by atoms with van der Waals surface area (Å²) >= 11 is 0. The Kier molecular flexibility index (Phi) is 5.66. The Balaban J connectivity index is 1.77. The fourth-order valence-corrected chi connectivity index (χ4v) is 3.89. The number of benzene rings is 1. The topological polar surface area (TPSA) is 107 Å². The van der Waals surface area contributed by atoms with Crippen molar-refractivity contribution in [3.05, 3.63) is 52.6 Å². The molecule has 2 heterocycles. The number of sulfone groups is 1. The van der Waals surface area contributed by atoms with Gasteiger partial charge in [0, 0.05) is 19.2 Å². The zero-order chi connectivity index (χ0) is 19.4. The molecule has 1 amide bonds. The number of amides is 1. The van der Waals surface area contributed by atoms with Gasteiger partial charge in [0.15, 0.2) is 5.03 Å². The Morgan fingerprint density at radius 1 is 1.33 bits per heavy atom. The highest BCUT2D eigenvalue weighted by molar-refractivity contribution is 7.91. The molecule has 1 aliphatic heterocycles. The van der Waals surface area contributed by atoms with E-state index < -0.39 is 38.7 Å². The van der Waals surface area contributed by atoms with Crippen molar-refractivity contribution in [1.29, 1.82) is 0 Å². The molecule has 1 fully saturated rings. The van der Waals surface area contributed by atoms with E-state index in [2.05, 4.69) is 10.4 Å². The first kappa shape index (κ1) is 19.2. The van der Waals surface area contributed by atoms with Crippen LogP contribution in [-0.2, 0) is 25.9 Å². The maximum atomic E-state index is 13.3. The van der Waals surface area contributed by atoms with Crippen LogP contribution in [0.5, 0.6) is 0 Å². The van der Waals surface area contributed by atoms with Gasteiger partial charge in [-0.2, -0.15) is 5.10 Å². The van der Waals surface area contributed by atoms with Crippen LogP contribution in [0.1, 0.15) is 12.8 Å². The van der Waals surface area contributed by atoms with Crippen LogP contribution in [0, 0.1) is 5.82 Å². The number of aromatic nitrogens is 2. The van der Waals surface area contributed by atoms with Gasteiger partial charge in [-0.25, -0.2) is 17.5 Å². The van der Waals surface area contributed by atoms with Gasteiger partial charge in [-0.05, 0) is 37.1 Å². The van der Waals surface area contributed by atoms with Crippen LogP contribution in [0.2, 0.25) is 0 Å². The van der Waals surface area contributed by atoms with Crippen LogP contribution < -0.4 is 10.9 Å². The normalized spacial score (nSPS) is 17.0. The summed E-state index contributed by atoms with van der Waals surface area (Å²) in [6.07, 6.45) is 1.72. The van der Waals surface area contributed by atoms with E-state index in [1.807, 2.05) is 0 Å². The van der Waals surface area contributed by atoms with E-state index in [1.165, 1.54) is 12.1 Å². The molecule has 0 radical (unpaired) electrons. The molecule has 27 heavy (non-hydrogen) atoms. The molecule has 1 saturated heterocycles. The Morgan fingerprint density at radius 2 is 2.15 bits per heavy atom. The highest BCUT2D eigenvalue weighted by atomic mass is 32.2. The first-order chi connectivity index (χ1) is 12.9. The number of carbonyl (C=O) groups excluding carboxylic acids is 1. The van der Waals surface area contributed by atoms with Crippen LogP contribution in [0.15, 0.2) is 51.1 Å². The van der Waals surface area contributed by atoms with Crippen molar-refractivity contribution >= 4 is 15.7 Å². The molecule has 0 bridgehead atoms. The number of hydrogen-bond acceptors (Lipinski definition) is 6. The predicted molar refractivity (Wildman–Crippen MR) is 92.3 cm³/mol. The largest absolute Gasteiger partial charge is 0.376 e. The van der Waals surface area contributed by atoms with Gasteiger partial charge < -0.3 is 10.1 Å². The molecule has 1 N–H and O–H groups in total. The molecule has 0 spiro atoms. The maximum Gasteiger partial charge on any atom is 0.267 e. The predicted octanol–water partition coefficient (Wildman–Crippen LogP) is 0.510. The van der Waals surface area contributed by atoms with Crippen molar-refractivity contribution in [2.24, 2.45) is 0 Å². The molecule has 10 heteroatoms. The monoisotopic (exact) mass is 395 g/mol. The zero-order valence-corrected chi connectivity index (χ0v) is 15.1. The van der Waals surface area contributed by atoms with E-state index in [0.29, 0.717) is 13.2 Å². The summed E-state index contributed by atoms with van der Waals surface area (Å²) < 4.78 is 44.6. The molecule has 1 atom stereocenters. The van der Waals surface area contributed by atoms with Gasteiger partial charge in [-0.3, -0.25) is 9.59 Å². The number of rotatable bonds is 6. The van der Waals surface area contributed by atoms with Crippen molar-refractivity contribution in [3.8, 4) is 0 Å².